The molecule has 3 heterocycles. The van der Waals surface area contributed by atoms with Gasteiger partial charge in [0.25, 0.3) is 0 Å². The van der Waals surface area contributed by atoms with Crippen LogP contribution in [0.15, 0.2) is 10.6 Å². The third-order valence-electron chi connectivity index (χ3n) is 4.94. The van der Waals surface area contributed by atoms with Gasteiger partial charge in [0.2, 0.25) is 11.8 Å². The second kappa shape index (κ2) is 7.23. The van der Waals surface area contributed by atoms with Crippen molar-refractivity contribution < 1.29 is 14.1 Å². The first kappa shape index (κ1) is 17.4. The molecule has 2 aliphatic heterocycles. The van der Waals surface area contributed by atoms with E-state index in [1.54, 1.807) is 0 Å². The lowest BCUT2D eigenvalue weighted by atomic mass is 9.92. The molecule has 0 radical (unpaired) electrons. The Bertz CT molecular complexity index is 558. The van der Waals surface area contributed by atoms with Crippen molar-refractivity contribution in [2.24, 2.45) is 5.92 Å². The van der Waals surface area contributed by atoms with Crippen LogP contribution in [0.1, 0.15) is 52.1 Å². The first-order valence-corrected chi connectivity index (χ1v) is 9.03. The van der Waals surface area contributed by atoms with Crippen LogP contribution in [-0.4, -0.2) is 48.3 Å². The number of hydrogen-bond acceptors (Lipinski definition) is 5. The largest absolute Gasteiger partial charge is 0.381 e. The molecule has 0 bridgehead atoms. The van der Waals surface area contributed by atoms with Crippen LogP contribution in [0.3, 0.4) is 0 Å². The highest BCUT2D eigenvalue weighted by Crippen LogP contribution is 2.26. The maximum atomic E-state index is 12.7. The molecule has 2 fully saturated rings. The smallest absolute Gasteiger partial charge is 0.244 e. The van der Waals surface area contributed by atoms with Crippen LogP contribution in [0.4, 0.5) is 5.88 Å². The number of nitrogens with one attached hydrogen (secondary N) is 1. The molecule has 1 N–H and O–H groups in total. The van der Waals surface area contributed by atoms with Gasteiger partial charge in [-0.1, -0.05) is 25.9 Å². The molecule has 6 heteroatoms. The number of carbonyl (C=O) groups is 1. The van der Waals surface area contributed by atoms with E-state index in [4.69, 9.17) is 9.26 Å². The number of amides is 1. The number of nitrogens with zero attached hydrogens (tertiary/aromatic N) is 2. The van der Waals surface area contributed by atoms with Crippen molar-refractivity contribution in [2.75, 3.05) is 31.6 Å². The Morgan fingerprint density at radius 1 is 1.38 bits per heavy atom. The van der Waals surface area contributed by atoms with Crippen molar-refractivity contribution in [3.05, 3.63) is 11.8 Å². The summed E-state index contributed by atoms with van der Waals surface area (Å²) in [4.78, 5) is 15.0. The van der Waals surface area contributed by atoms with Gasteiger partial charge in [-0.05, 0) is 38.1 Å². The number of likely N-dealkylation sites (tertiary alicyclic amines) is 1. The fourth-order valence-corrected chi connectivity index (χ4v) is 3.52. The van der Waals surface area contributed by atoms with Crippen molar-refractivity contribution in [3.63, 3.8) is 0 Å². The normalized spacial score (nSPS) is 25.8. The molecule has 2 atom stereocenters. The molecule has 0 aromatic carbocycles. The molecule has 2 aliphatic rings. The number of ether oxygens (including phenoxy) is 1. The zero-order valence-corrected chi connectivity index (χ0v) is 15.0. The van der Waals surface area contributed by atoms with E-state index in [2.05, 4.69) is 36.1 Å². The Morgan fingerprint density at radius 3 is 2.88 bits per heavy atom. The molecule has 0 aliphatic carbocycles. The molecule has 0 saturated carbocycles. The molecular formula is C18H29N3O3. The topological polar surface area (TPSA) is 67.6 Å². The standard InChI is InChI=1S/C18H29N3O3/c1-18(2,3)15-10-16(24-20-15)19-17(22)14-7-4-8-21(14)11-13-6-5-9-23-12-13/h10,13-14H,4-9,11-12H2,1-3H3,(H,19,22). The SMILES string of the molecule is CC(C)(C)c1cc(NC(=O)C2CCCN2CC2CCCOC2)on1. The minimum absolute atomic E-state index is 0.0147. The summed E-state index contributed by atoms with van der Waals surface area (Å²) in [5.41, 5.74) is 0.757. The summed E-state index contributed by atoms with van der Waals surface area (Å²) < 4.78 is 10.9. The molecule has 24 heavy (non-hydrogen) atoms. The minimum Gasteiger partial charge on any atom is -0.381 e. The van der Waals surface area contributed by atoms with Gasteiger partial charge >= 0.3 is 0 Å². The third kappa shape index (κ3) is 4.16. The second-order valence-corrected chi connectivity index (χ2v) is 8.05. The highest BCUT2D eigenvalue weighted by atomic mass is 16.5. The average molecular weight is 335 g/mol. The van der Waals surface area contributed by atoms with E-state index in [9.17, 15) is 4.79 Å². The van der Waals surface area contributed by atoms with Crippen LogP contribution in [0.5, 0.6) is 0 Å². The lowest BCUT2D eigenvalue weighted by molar-refractivity contribution is -0.120. The van der Waals surface area contributed by atoms with Crippen molar-refractivity contribution >= 4 is 11.8 Å². The quantitative estimate of drug-likeness (QED) is 0.916. The average Bonchev–Trinajstić information content (AvgIpc) is 3.17. The van der Waals surface area contributed by atoms with E-state index in [-0.39, 0.29) is 17.4 Å². The molecule has 6 nitrogen and oxygen atoms in total. The summed E-state index contributed by atoms with van der Waals surface area (Å²) in [6.45, 7) is 9.84. The molecule has 1 amide bonds. The van der Waals surface area contributed by atoms with Crippen LogP contribution in [0.2, 0.25) is 0 Å². The molecule has 2 saturated heterocycles. The Morgan fingerprint density at radius 2 is 2.21 bits per heavy atom. The minimum atomic E-state index is -0.0904. The van der Waals surface area contributed by atoms with E-state index < -0.39 is 0 Å². The van der Waals surface area contributed by atoms with Gasteiger partial charge in [0, 0.05) is 24.6 Å². The molecule has 0 spiro atoms. The molecule has 134 valence electrons. The van der Waals surface area contributed by atoms with Crippen molar-refractivity contribution in [2.45, 2.75) is 57.9 Å². The monoisotopic (exact) mass is 335 g/mol. The molecular weight excluding hydrogens is 306 g/mol. The van der Waals surface area contributed by atoms with Gasteiger partial charge in [-0.15, -0.1) is 0 Å². The first-order valence-electron chi connectivity index (χ1n) is 9.03. The predicted molar refractivity (Wildman–Crippen MR) is 92.0 cm³/mol. The number of rotatable bonds is 4. The third-order valence-corrected chi connectivity index (χ3v) is 4.94. The number of carbonyl (C=O) groups excluding carboxylic acids is 1. The number of anilines is 1. The van der Waals surface area contributed by atoms with Gasteiger partial charge < -0.3 is 9.26 Å². The summed E-state index contributed by atoms with van der Waals surface area (Å²) in [5, 5.41) is 6.96. The zero-order chi connectivity index (χ0) is 17.2. The van der Waals surface area contributed by atoms with Crippen LogP contribution in [0, 0.1) is 5.92 Å². The van der Waals surface area contributed by atoms with Crippen LogP contribution < -0.4 is 5.32 Å². The van der Waals surface area contributed by atoms with Gasteiger partial charge in [0.05, 0.1) is 18.3 Å². The fraction of sp³-hybridized carbons (Fsp3) is 0.778. The maximum absolute atomic E-state index is 12.7. The molecule has 1 aromatic heterocycles. The van der Waals surface area contributed by atoms with Crippen molar-refractivity contribution in [3.8, 4) is 0 Å². The number of hydrogen-bond donors (Lipinski definition) is 1. The van der Waals surface area contributed by atoms with E-state index >= 15 is 0 Å². The van der Waals surface area contributed by atoms with Gasteiger partial charge in [0.1, 0.15) is 0 Å². The van der Waals surface area contributed by atoms with Crippen molar-refractivity contribution in [1.82, 2.24) is 10.1 Å². The van der Waals surface area contributed by atoms with Crippen LogP contribution in [0.25, 0.3) is 0 Å². The summed E-state index contributed by atoms with van der Waals surface area (Å²) >= 11 is 0. The van der Waals surface area contributed by atoms with E-state index in [1.165, 1.54) is 6.42 Å². The molecule has 1 aromatic rings. The lowest BCUT2D eigenvalue weighted by Gasteiger charge is -2.30. The van der Waals surface area contributed by atoms with E-state index in [1.807, 2.05) is 6.07 Å². The van der Waals surface area contributed by atoms with Crippen LogP contribution in [-0.2, 0) is 14.9 Å². The lowest BCUT2D eigenvalue weighted by Crippen LogP contribution is -2.43. The Kier molecular flexibility index (Phi) is 5.25. The highest BCUT2D eigenvalue weighted by Gasteiger charge is 2.33. The predicted octanol–water partition coefficient (Wildman–Crippen LogP) is 2.80. The Balaban J connectivity index is 1.58. The van der Waals surface area contributed by atoms with E-state index in [0.717, 1.165) is 51.3 Å². The fourth-order valence-electron chi connectivity index (χ4n) is 3.52. The van der Waals surface area contributed by atoms with Gasteiger partial charge in [-0.3, -0.25) is 15.0 Å². The maximum Gasteiger partial charge on any atom is 0.244 e. The second-order valence-electron chi connectivity index (χ2n) is 8.05. The molecule has 3 rings (SSSR count). The highest BCUT2D eigenvalue weighted by molar-refractivity contribution is 5.93. The summed E-state index contributed by atoms with van der Waals surface area (Å²) in [6, 6.07) is 1.75. The first-order chi connectivity index (χ1) is 11.4. The van der Waals surface area contributed by atoms with Crippen LogP contribution >= 0.6 is 0 Å². The Hall–Kier alpha value is -1.40. The zero-order valence-electron chi connectivity index (χ0n) is 15.0. The number of aromatic nitrogens is 1. The Labute approximate surface area is 143 Å². The van der Waals surface area contributed by atoms with Gasteiger partial charge in [-0.25, -0.2) is 0 Å². The summed E-state index contributed by atoms with van der Waals surface area (Å²) in [6.07, 6.45) is 4.29. The van der Waals surface area contributed by atoms with Gasteiger partial charge in [-0.2, -0.15) is 0 Å². The van der Waals surface area contributed by atoms with E-state index in [0.29, 0.717) is 11.8 Å². The van der Waals surface area contributed by atoms with Crippen molar-refractivity contribution in [1.29, 1.82) is 0 Å². The van der Waals surface area contributed by atoms with Gasteiger partial charge in [0.15, 0.2) is 0 Å². The molecule has 2 unspecified atom stereocenters. The summed E-state index contributed by atoms with van der Waals surface area (Å²) in [5.74, 6) is 1.00. The summed E-state index contributed by atoms with van der Waals surface area (Å²) in [7, 11) is 0.